The van der Waals surface area contributed by atoms with Gasteiger partial charge in [-0.2, -0.15) is 0 Å². The topological polar surface area (TPSA) is 32.7 Å². The summed E-state index contributed by atoms with van der Waals surface area (Å²) in [5.74, 6) is 0. The lowest BCUT2D eigenvalue weighted by Crippen LogP contribution is -2.41. The van der Waals surface area contributed by atoms with E-state index < -0.39 is 6.10 Å². The van der Waals surface area contributed by atoms with Crippen molar-refractivity contribution in [1.82, 2.24) is 4.90 Å². The smallest absolute Gasteiger partial charge is 0.0922 e. The van der Waals surface area contributed by atoms with Crippen molar-refractivity contribution in [2.24, 2.45) is 0 Å². The van der Waals surface area contributed by atoms with Gasteiger partial charge < -0.3 is 9.84 Å². The van der Waals surface area contributed by atoms with Crippen LogP contribution in [0.1, 0.15) is 41.2 Å². The predicted molar refractivity (Wildman–Crippen MR) is 82.1 cm³/mol. The molecule has 2 unspecified atom stereocenters. The quantitative estimate of drug-likeness (QED) is 0.918. The summed E-state index contributed by atoms with van der Waals surface area (Å²) >= 11 is 0. The van der Waals surface area contributed by atoms with Crippen LogP contribution in [0, 0.1) is 20.8 Å². The number of nitrogens with zero attached hydrogens (tertiary/aromatic N) is 1. The maximum absolute atomic E-state index is 10.6. The van der Waals surface area contributed by atoms with E-state index in [1.165, 1.54) is 16.7 Å². The number of β-amino-alcohol motifs (C(OH)–C–C–N with tert-alkyl or cyclic N) is 1. The summed E-state index contributed by atoms with van der Waals surface area (Å²) in [6.07, 6.45) is 2.19. The lowest BCUT2D eigenvalue weighted by atomic mass is 9.95. The Balaban J connectivity index is 2.06. The first kappa shape index (κ1) is 15.5. The van der Waals surface area contributed by atoms with Gasteiger partial charge >= 0.3 is 0 Å². The fourth-order valence-corrected chi connectivity index (χ4v) is 3.42. The molecule has 0 bridgehead atoms. The van der Waals surface area contributed by atoms with Gasteiger partial charge in [-0.1, -0.05) is 17.7 Å². The lowest BCUT2D eigenvalue weighted by molar-refractivity contribution is 0.0126. The third-order valence-electron chi connectivity index (χ3n) is 4.30. The van der Waals surface area contributed by atoms with Gasteiger partial charge in [0.05, 0.1) is 12.2 Å². The Morgan fingerprint density at radius 2 is 1.95 bits per heavy atom. The van der Waals surface area contributed by atoms with Crippen molar-refractivity contribution in [3.05, 3.63) is 34.4 Å². The molecule has 0 amide bonds. The molecule has 20 heavy (non-hydrogen) atoms. The summed E-state index contributed by atoms with van der Waals surface area (Å²) in [4.78, 5) is 2.32. The molecule has 1 fully saturated rings. The molecule has 3 heteroatoms. The molecular weight excluding hydrogens is 250 g/mol. The van der Waals surface area contributed by atoms with Crippen LogP contribution in [-0.4, -0.2) is 42.9 Å². The Hall–Kier alpha value is -0.900. The monoisotopic (exact) mass is 277 g/mol. The highest BCUT2D eigenvalue weighted by Gasteiger charge is 2.23. The van der Waals surface area contributed by atoms with Gasteiger partial charge in [0.1, 0.15) is 0 Å². The van der Waals surface area contributed by atoms with E-state index >= 15 is 0 Å². The van der Waals surface area contributed by atoms with E-state index in [-0.39, 0.29) is 0 Å². The summed E-state index contributed by atoms with van der Waals surface area (Å²) in [6.45, 7) is 8.96. The molecule has 3 nitrogen and oxygen atoms in total. The van der Waals surface area contributed by atoms with E-state index in [0.717, 1.165) is 31.5 Å². The first-order valence-corrected chi connectivity index (χ1v) is 7.52. The van der Waals surface area contributed by atoms with Gasteiger partial charge in [0.2, 0.25) is 0 Å². The van der Waals surface area contributed by atoms with E-state index in [1.807, 2.05) is 0 Å². The average molecular weight is 277 g/mol. The molecule has 1 aliphatic heterocycles. The number of rotatable bonds is 4. The molecular formula is C17H27NO2. The molecule has 0 radical (unpaired) electrons. The Bertz CT molecular complexity index is 435. The normalized spacial score (nSPS) is 21.9. The minimum Gasteiger partial charge on any atom is -0.387 e. The average Bonchev–Trinajstić information content (AvgIpc) is 2.37. The summed E-state index contributed by atoms with van der Waals surface area (Å²) in [6, 6.07) is 4.30. The van der Waals surface area contributed by atoms with Crippen molar-refractivity contribution in [1.29, 1.82) is 0 Å². The standard InChI is InChI=1S/C17H27NO2/c1-12-8-13(2)17(14(3)9-12)16(19)11-18-7-5-6-15(10-18)20-4/h8-9,15-16,19H,5-7,10-11H2,1-4H3. The largest absolute Gasteiger partial charge is 0.387 e. The van der Waals surface area contributed by atoms with Gasteiger partial charge in [-0.15, -0.1) is 0 Å². The van der Waals surface area contributed by atoms with Crippen LogP contribution in [0.15, 0.2) is 12.1 Å². The third kappa shape index (κ3) is 3.60. The highest BCUT2D eigenvalue weighted by molar-refractivity contribution is 5.39. The number of aryl methyl sites for hydroxylation is 3. The van der Waals surface area contributed by atoms with Gasteiger partial charge in [0.25, 0.3) is 0 Å². The third-order valence-corrected chi connectivity index (χ3v) is 4.30. The summed E-state index contributed by atoms with van der Waals surface area (Å²) in [5, 5.41) is 10.6. The van der Waals surface area contributed by atoms with Gasteiger partial charge in [-0.3, -0.25) is 4.90 Å². The minimum atomic E-state index is -0.411. The van der Waals surface area contributed by atoms with Crippen LogP contribution in [0.3, 0.4) is 0 Å². The number of aliphatic hydroxyl groups excluding tert-OH is 1. The highest BCUT2D eigenvalue weighted by Crippen LogP contribution is 2.25. The van der Waals surface area contributed by atoms with E-state index in [9.17, 15) is 5.11 Å². The van der Waals surface area contributed by atoms with Crippen molar-refractivity contribution in [3.8, 4) is 0 Å². The molecule has 0 saturated carbocycles. The fraction of sp³-hybridized carbons (Fsp3) is 0.647. The molecule has 1 heterocycles. The van der Waals surface area contributed by atoms with E-state index in [2.05, 4.69) is 37.8 Å². The number of aliphatic hydroxyl groups is 1. The van der Waals surface area contributed by atoms with Crippen molar-refractivity contribution in [2.75, 3.05) is 26.7 Å². The second kappa shape index (κ2) is 6.70. The molecule has 1 aliphatic rings. The van der Waals surface area contributed by atoms with Crippen molar-refractivity contribution >= 4 is 0 Å². The fourth-order valence-electron chi connectivity index (χ4n) is 3.42. The van der Waals surface area contributed by atoms with Gasteiger partial charge in [0.15, 0.2) is 0 Å². The predicted octanol–water partition coefficient (Wildman–Crippen LogP) is 2.76. The molecule has 0 aromatic heterocycles. The molecule has 1 N–H and O–H groups in total. The van der Waals surface area contributed by atoms with E-state index in [0.29, 0.717) is 12.6 Å². The number of hydrogen-bond acceptors (Lipinski definition) is 3. The molecule has 112 valence electrons. The summed E-state index contributed by atoms with van der Waals surface area (Å²) < 4.78 is 5.45. The number of hydrogen-bond donors (Lipinski definition) is 1. The number of benzene rings is 1. The lowest BCUT2D eigenvalue weighted by Gasteiger charge is -2.33. The maximum Gasteiger partial charge on any atom is 0.0922 e. The summed E-state index contributed by atoms with van der Waals surface area (Å²) in [5.41, 5.74) is 4.73. The number of likely N-dealkylation sites (tertiary alicyclic amines) is 1. The van der Waals surface area contributed by atoms with Gasteiger partial charge in [-0.25, -0.2) is 0 Å². The zero-order valence-corrected chi connectivity index (χ0v) is 13.1. The number of piperidine rings is 1. The van der Waals surface area contributed by atoms with Crippen LogP contribution in [0.25, 0.3) is 0 Å². The molecule has 0 spiro atoms. The van der Waals surface area contributed by atoms with Crippen LogP contribution in [-0.2, 0) is 4.74 Å². The van der Waals surface area contributed by atoms with Gasteiger partial charge in [-0.05, 0) is 56.8 Å². The Labute approximate surface area is 122 Å². The van der Waals surface area contributed by atoms with Crippen LogP contribution in [0.5, 0.6) is 0 Å². The van der Waals surface area contributed by atoms with E-state index in [1.54, 1.807) is 7.11 Å². The zero-order valence-electron chi connectivity index (χ0n) is 13.1. The Morgan fingerprint density at radius 3 is 2.55 bits per heavy atom. The Kier molecular flexibility index (Phi) is 5.19. The number of ether oxygens (including phenoxy) is 1. The SMILES string of the molecule is COC1CCCN(CC(O)c2c(C)cc(C)cc2C)C1. The zero-order chi connectivity index (χ0) is 14.7. The first-order chi connectivity index (χ1) is 9.51. The summed E-state index contributed by atoms with van der Waals surface area (Å²) in [7, 11) is 1.78. The molecule has 1 saturated heterocycles. The second-order valence-electron chi connectivity index (χ2n) is 6.09. The molecule has 2 rings (SSSR count). The van der Waals surface area contributed by atoms with Crippen molar-refractivity contribution in [2.45, 2.75) is 45.8 Å². The van der Waals surface area contributed by atoms with E-state index in [4.69, 9.17) is 4.74 Å². The van der Waals surface area contributed by atoms with Crippen LogP contribution in [0.2, 0.25) is 0 Å². The Morgan fingerprint density at radius 1 is 1.30 bits per heavy atom. The highest BCUT2D eigenvalue weighted by atomic mass is 16.5. The second-order valence-corrected chi connectivity index (χ2v) is 6.09. The molecule has 1 aromatic carbocycles. The minimum absolute atomic E-state index is 0.316. The van der Waals surface area contributed by atoms with Crippen LogP contribution < -0.4 is 0 Å². The van der Waals surface area contributed by atoms with Crippen LogP contribution in [0.4, 0.5) is 0 Å². The maximum atomic E-state index is 10.6. The van der Waals surface area contributed by atoms with Gasteiger partial charge in [0, 0.05) is 20.2 Å². The van der Waals surface area contributed by atoms with Crippen molar-refractivity contribution < 1.29 is 9.84 Å². The number of methoxy groups -OCH3 is 1. The first-order valence-electron chi connectivity index (χ1n) is 7.52. The van der Waals surface area contributed by atoms with Crippen LogP contribution >= 0.6 is 0 Å². The molecule has 0 aliphatic carbocycles. The van der Waals surface area contributed by atoms with Crippen molar-refractivity contribution in [3.63, 3.8) is 0 Å². The molecule has 2 atom stereocenters. The molecule has 1 aromatic rings.